The SMILES string of the molecule is Cc1c(-c2ccc(C(=O)C3CCNCC3N3CCOCC3)s2)noc1C(F)(F)F. The van der Waals surface area contributed by atoms with Crippen LogP contribution in [0.1, 0.15) is 27.4 Å². The van der Waals surface area contributed by atoms with Crippen LogP contribution in [0.3, 0.4) is 0 Å². The maximum Gasteiger partial charge on any atom is 0.452 e. The third-order valence-electron chi connectivity index (χ3n) is 5.57. The van der Waals surface area contributed by atoms with E-state index in [-0.39, 0.29) is 29.0 Å². The van der Waals surface area contributed by atoms with Crippen molar-refractivity contribution in [3.8, 4) is 10.6 Å². The number of hydrogen-bond acceptors (Lipinski definition) is 7. The van der Waals surface area contributed by atoms with E-state index in [0.29, 0.717) is 23.0 Å². The Kier molecular flexibility index (Phi) is 5.78. The van der Waals surface area contributed by atoms with E-state index in [4.69, 9.17) is 4.74 Å². The fraction of sp³-hybridized carbons (Fsp3) is 0.579. The first kappa shape index (κ1) is 20.5. The molecule has 0 radical (unpaired) electrons. The summed E-state index contributed by atoms with van der Waals surface area (Å²) in [6, 6.07) is 3.42. The monoisotopic (exact) mass is 429 g/mol. The summed E-state index contributed by atoms with van der Waals surface area (Å²) in [4.78, 5) is 16.6. The van der Waals surface area contributed by atoms with Gasteiger partial charge in [-0.25, -0.2) is 0 Å². The zero-order valence-corrected chi connectivity index (χ0v) is 16.7. The number of rotatable bonds is 4. The van der Waals surface area contributed by atoms with E-state index in [0.717, 1.165) is 32.6 Å². The van der Waals surface area contributed by atoms with Gasteiger partial charge in [-0.3, -0.25) is 9.69 Å². The number of nitrogens with zero attached hydrogens (tertiary/aromatic N) is 2. The highest BCUT2D eigenvalue weighted by Crippen LogP contribution is 2.38. The van der Waals surface area contributed by atoms with Gasteiger partial charge in [0.2, 0.25) is 5.76 Å². The highest BCUT2D eigenvalue weighted by Gasteiger charge is 2.40. The molecule has 0 saturated carbocycles. The standard InChI is InChI=1S/C19H22F3N3O3S/c1-11-16(24-28-18(11)19(20,21)22)14-2-3-15(29-14)17(26)12-4-5-23-10-13(12)25-6-8-27-9-7-25/h2-3,12-13,23H,4-10H2,1H3. The van der Waals surface area contributed by atoms with Crippen molar-refractivity contribution < 1.29 is 27.2 Å². The van der Waals surface area contributed by atoms with Gasteiger partial charge >= 0.3 is 6.18 Å². The maximum atomic E-state index is 13.2. The maximum absolute atomic E-state index is 13.2. The van der Waals surface area contributed by atoms with Gasteiger partial charge < -0.3 is 14.6 Å². The Morgan fingerprint density at radius 2 is 2.07 bits per heavy atom. The Labute approximate surface area is 170 Å². The van der Waals surface area contributed by atoms with Crippen LogP contribution >= 0.6 is 11.3 Å². The first-order valence-electron chi connectivity index (χ1n) is 9.56. The summed E-state index contributed by atoms with van der Waals surface area (Å²) >= 11 is 1.17. The lowest BCUT2D eigenvalue weighted by atomic mass is 9.86. The second-order valence-electron chi connectivity index (χ2n) is 7.33. The number of thiophene rings is 1. The van der Waals surface area contributed by atoms with Crippen molar-refractivity contribution in [3.05, 3.63) is 28.3 Å². The molecular weight excluding hydrogens is 407 g/mol. The smallest absolute Gasteiger partial charge is 0.379 e. The van der Waals surface area contributed by atoms with Crippen LogP contribution in [0.2, 0.25) is 0 Å². The number of ether oxygens (including phenoxy) is 1. The minimum Gasteiger partial charge on any atom is -0.379 e. The van der Waals surface area contributed by atoms with Crippen molar-refractivity contribution in [1.29, 1.82) is 0 Å². The number of hydrogen-bond donors (Lipinski definition) is 1. The Balaban J connectivity index is 1.55. The van der Waals surface area contributed by atoms with Crippen LogP contribution in [-0.2, 0) is 10.9 Å². The Bertz CT molecular complexity index is 874. The normalized spacial score (nSPS) is 24.0. The van der Waals surface area contributed by atoms with E-state index in [9.17, 15) is 18.0 Å². The van der Waals surface area contributed by atoms with Crippen LogP contribution in [0.25, 0.3) is 10.6 Å². The van der Waals surface area contributed by atoms with Crippen LogP contribution in [0.4, 0.5) is 13.2 Å². The first-order chi connectivity index (χ1) is 13.9. The molecule has 158 valence electrons. The minimum absolute atomic E-state index is 0.0384. The third kappa shape index (κ3) is 4.11. The number of alkyl halides is 3. The molecule has 4 heterocycles. The molecule has 2 aromatic rings. The molecule has 6 nitrogen and oxygen atoms in total. The molecule has 0 aliphatic carbocycles. The summed E-state index contributed by atoms with van der Waals surface area (Å²) < 4.78 is 48.8. The number of ketones is 1. The van der Waals surface area contributed by atoms with Gasteiger partial charge in [0, 0.05) is 37.2 Å². The molecule has 0 spiro atoms. The summed E-state index contributed by atoms with van der Waals surface area (Å²) in [5.74, 6) is -1.21. The summed E-state index contributed by atoms with van der Waals surface area (Å²) in [6.07, 6.45) is -3.86. The van der Waals surface area contributed by atoms with Crippen molar-refractivity contribution in [1.82, 2.24) is 15.4 Å². The molecule has 2 atom stereocenters. The molecule has 2 saturated heterocycles. The molecule has 2 aromatic heterocycles. The van der Waals surface area contributed by atoms with Crippen molar-refractivity contribution >= 4 is 17.1 Å². The molecule has 1 N–H and O–H groups in total. The van der Waals surface area contributed by atoms with Crippen molar-refractivity contribution in [2.24, 2.45) is 5.92 Å². The van der Waals surface area contributed by atoms with Crippen molar-refractivity contribution in [2.75, 3.05) is 39.4 Å². The second kappa shape index (κ2) is 8.17. The van der Waals surface area contributed by atoms with E-state index in [2.05, 4.69) is 19.9 Å². The first-order valence-corrected chi connectivity index (χ1v) is 10.4. The van der Waals surface area contributed by atoms with E-state index in [1.165, 1.54) is 18.3 Å². The summed E-state index contributed by atoms with van der Waals surface area (Å²) in [5.41, 5.74) is 0.0721. The van der Waals surface area contributed by atoms with Crippen LogP contribution in [0.5, 0.6) is 0 Å². The number of nitrogens with one attached hydrogen (secondary N) is 1. The number of carbonyl (C=O) groups excluding carboxylic acids is 1. The van der Waals surface area contributed by atoms with Crippen LogP contribution in [-0.4, -0.2) is 61.3 Å². The quantitative estimate of drug-likeness (QED) is 0.753. The number of halogens is 3. The highest BCUT2D eigenvalue weighted by atomic mass is 32.1. The number of aromatic nitrogens is 1. The number of morpholine rings is 1. The molecule has 0 aromatic carbocycles. The minimum atomic E-state index is -4.59. The lowest BCUT2D eigenvalue weighted by Gasteiger charge is -2.41. The summed E-state index contributed by atoms with van der Waals surface area (Å²) in [5, 5.41) is 6.96. The van der Waals surface area contributed by atoms with E-state index >= 15 is 0 Å². The third-order valence-corrected chi connectivity index (χ3v) is 6.67. The Morgan fingerprint density at radius 3 is 2.76 bits per heavy atom. The highest BCUT2D eigenvalue weighted by molar-refractivity contribution is 7.17. The van der Waals surface area contributed by atoms with Gasteiger partial charge in [-0.2, -0.15) is 13.2 Å². The molecule has 2 aliphatic rings. The van der Waals surface area contributed by atoms with Gasteiger partial charge in [-0.1, -0.05) is 5.16 Å². The molecule has 29 heavy (non-hydrogen) atoms. The lowest BCUT2D eigenvalue weighted by Crippen LogP contribution is -2.56. The van der Waals surface area contributed by atoms with Gasteiger partial charge in [0.05, 0.1) is 23.0 Å². The predicted molar refractivity (Wildman–Crippen MR) is 101 cm³/mol. The van der Waals surface area contributed by atoms with Gasteiger partial charge in [0.1, 0.15) is 5.69 Å². The molecule has 2 fully saturated rings. The van der Waals surface area contributed by atoms with E-state index in [1.54, 1.807) is 12.1 Å². The summed E-state index contributed by atoms with van der Waals surface area (Å²) in [6.45, 7) is 5.76. The molecule has 0 bridgehead atoms. The summed E-state index contributed by atoms with van der Waals surface area (Å²) in [7, 11) is 0. The van der Waals surface area contributed by atoms with Crippen LogP contribution in [0, 0.1) is 12.8 Å². The van der Waals surface area contributed by atoms with Gasteiger partial charge in [0.25, 0.3) is 0 Å². The Morgan fingerprint density at radius 1 is 1.31 bits per heavy atom. The lowest BCUT2D eigenvalue weighted by molar-refractivity contribution is -0.156. The topological polar surface area (TPSA) is 67.6 Å². The zero-order valence-electron chi connectivity index (χ0n) is 15.9. The fourth-order valence-electron chi connectivity index (χ4n) is 4.05. The van der Waals surface area contributed by atoms with Gasteiger partial charge in [-0.15, -0.1) is 11.3 Å². The van der Waals surface area contributed by atoms with Crippen molar-refractivity contribution in [3.63, 3.8) is 0 Å². The van der Waals surface area contributed by atoms with Crippen molar-refractivity contribution in [2.45, 2.75) is 25.6 Å². The zero-order chi connectivity index (χ0) is 20.6. The van der Waals surface area contributed by atoms with Gasteiger partial charge in [0.15, 0.2) is 5.78 Å². The number of Topliss-reactive ketones (excluding diaryl/α,β-unsaturated/α-hetero) is 1. The fourth-order valence-corrected chi connectivity index (χ4v) is 5.10. The van der Waals surface area contributed by atoms with E-state index in [1.807, 2.05) is 0 Å². The Hall–Kier alpha value is -1.75. The molecule has 10 heteroatoms. The van der Waals surface area contributed by atoms with E-state index < -0.39 is 11.9 Å². The predicted octanol–water partition coefficient (Wildman–Crippen LogP) is 3.22. The van der Waals surface area contributed by atoms with Crippen LogP contribution in [0.15, 0.2) is 16.7 Å². The molecule has 2 unspecified atom stereocenters. The van der Waals surface area contributed by atoms with Gasteiger partial charge in [-0.05, 0) is 32.0 Å². The molecule has 0 amide bonds. The number of carbonyl (C=O) groups is 1. The second-order valence-corrected chi connectivity index (χ2v) is 8.41. The average molecular weight is 429 g/mol. The molecule has 2 aliphatic heterocycles. The largest absolute Gasteiger partial charge is 0.452 e. The van der Waals surface area contributed by atoms with Crippen LogP contribution < -0.4 is 5.32 Å². The molecule has 4 rings (SSSR count). The number of piperidine rings is 1. The average Bonchev–Trinajstić information content (AvgIpc) is 3.34. The molecular formula is C19H22F3N3O3S.